The van der Waals surface area contributed by atoms with Gasteiger partial charge in [0.2, 0.25) is 0 Å². The van der Waals surface area contributed by atoms with Crippen molar-refractivity contribution in [1.29, 1.82) is 0 Å². The number of unbranched alkanes of at least 4 members (excludes halogenated alkanes) is 4. The predicted octanol–water partition coefficient (Wildman–Crippen LogP) is 7.39. The molecule has 0 unspecified atom stereocenters. The molecule has 0 bridgehead atoms. The fourth-order valence-electron chi connectivity index (χ4n) is 2.69. The van der Waals surface area contributed by atoms with E-state index in [9.17, 15) is 0 Å². The maximum absolute atomic E-state index is 6.07. The van der Waals surface area contributed by atoms with Crippen LogP contribution in [0.25, 0.3) is 0 Å². The third kappa shape index (κ3) is 7.48. The summed E-state index contributed by atoms with van der Waals surface area (Å²) in [5.74, 6) is 0.887. The molecule has 2 rings (SSSR count). The van der Waals surface area contributed by atoms with Crippen LogP contribution in [0.1, 0.15) is 50.2 Å². The Hall–Kier alpha value is -0.740. The Bertz CT molecular complexity index is 694. The molecular weight excluding hydrogens is 433 g/mol. The maximum atomic E-state index is 6.07. The summed E-state index contributed by atoms with van der Waals surface area (Å²) in [6.45, 7) is 4.53. The maximum Gasteiger partial charge on any atom is 0.124 e. The van der Waals surface area contributed by atoms with Crippen LogP contribution in [0.15, 0.2) is 40.9 Å². The van der Waals surface area contributed by atoms with Crippen LogP contribution in [0.2, 0.25) is 10.0 Å². The van der Waals surface area contributed by atoms with Gasteiger partial charge in [-0.25, -0.2) is 0 Å². The quantitative estimate of drug-likeness (QED) is 0.354. The normalized spacial score (nSPS) is 10.9. The van der Waals surface area contributed by atoms with E-state index >= 15 is 0 Å². The lowest BCUT2D eigenvalue weighted by atomic mass is 10.1. The number of halogens is 3. The van der Waals surface area contributed by atoms with Crippen LogP contribution in [0.5, 0.6) is 5.75 Å². The number of rotatable bonds is 11. The number of ether oxygens (including phenoxy) is 1. The fraction of sp³-hybridized carbons (Fsp3) is 0.429. The lowest BCUT2D eigenvalue weighted by Crippen LogP contribution is -2.15. The molecule has 1 N–H and O–H groups in total. The lowest BCUT2D eigenvalue weighted by molar-refractivity contribution is 0.302. The lowest BCUT2D eigenvalue weighted by Gasteiger charge is -2.13. The molecule has 0 aliphatic carbocycles. The monoisotopic (exact) mass is 457 g/mol. The van der Waals surface area contributed by atoms with Gasteiger partial charge in [0.25, 0.3) is 0 Å². The second-order valence-electron chi connectivity index (χ2n) is 6.38. The molecule has 142 valence electrons. The summed E-state index contributed by atoms with van der Waals surface area (Å²) >= 11 is 15.6. The molecule has 0 saturated carbocycles. The van der Waals surface area contributed by atoms with Crippen LogP contribution in [0.4, 0.5) is 0 Å². The third-order valence-corrected chi connectivity index (χ3v) is 5.41. The van der Waals surface area contributed by atoms with E-state index in [4.69, 9.17) is 27.9 Å². The fourth-order valence-corrected chi connectivity index (χ4v) is 3.42. The average Bonchev–Trinajstić information content (AvgIpc) is 2.63. The van der Waals surface area contributed by atoms with Crippen LogP contribution in [-0.2, 0) is 13.2 Å². The van der Waals surface area contributed by atoms with Crippen LogP contribution in [0.3, 0.4) is 0 Å². The highest BCUT2D eigenvalue weighted by atomic mass is 79.9. The number of nitrogens with one attached hydrogen (secondary N) is 1. The van der Waals surface area contributed by atoms with E-state index in [1.807, 2.05) is 24.3 Å². The second-order valence-corrected chi connectivity index (χ2v) is 8.11. The Labute approximate surface area is 175 Å². The molecule has 2 nitrogen and oxygen atoms in total. The Morgan fingerprint density at radius 2 is 1.77 bits per heavy atom. The minimum atomic E-state index is 0.461. The van der Waals surface area contributed by atoms with Crippen molar-refractivity contribution in [2.24, 2.45) is 0 Å². The van der Waals surface area contributed by atoms with E-state index in [0.717, 1.165) is 34.4 Å². The van der Waals surface area contributed by atoms with Gasteiger partial charge >= 0.3 is 0 Å². The Morgan fingerprint density at radius 3 is 2.54 bits per heavy atom. The molecule has 0 saturated heterocycles. The van der Waals surface area contributed by atoms with Crippen LogP contribution < -0.4 is 10.1 Å². The highest BCUT2D eigenvalue weighted by molar-refractivity contribution is 9.10. The van der Waals surface area contributed by atoms with Crippen molar-refractivity contribution in [3.05, 3.63) is 62.0 Å². The largest absolute Gasteiger partial charge is 0.489 e. The summed E-state index contributed by atoms with van der Waals surface area (Å²) in [4.78, 5) is 0. The van der Waals surface area contributed by atoms with Gasteiger partial charge in [0.05, 0.1) is 10.0 Å². The standard InChI is InChI=1S/C21H26BrCl2NO/c1-2-3-4-5-6-11-25-14-17-13-18(22)8-10-21(17)26-15-16-7-9-19(23)20(24)12-16/h7-10,12-13,25H,2-6,11,14-15H2,1H3. The smallest absolute Gasteiger partial charge is 0.124 e. The van der Waals surface area contributed by atoms with E-state index in [1.165, 1.54) is 32.1 Å². The zero-order valence-electron chi connectivity index (χ0n) is 15.2. The predicted molar refractivity (Wildman–Crippen MR) is 115 cm³/mol. The molecule has 0 atom stereocenters. The van der Waals surface area contributed by atoms with Gasteiger partial charge in [0.1, 0.15) is 12.4 Å². The zero-order chi connectivity index (χ0) is 18.8. The van der Waals surface area contributed by atoms with E-state index < -0.39 is 0 Å². The van der Waals surface area contributed by atoms with E-state index in [0.29, 0.717) is 16.7 Å². The first-order chi connectivity index (χ1) is 12.6. The van der Waals surface area contributed by atoms with Gasteiger partial charge in [0, 0.05) is 16.6 Å². The van der Waals surface area contributed by atoms with Gasteiger partial charge < -0.3 is 10.1 Å². The highest BCUT2D eigenvalue weighted by Crippen LogP contribution is 2.26. The number of hydrogen-bond acceptors (Lipinski definition) is 2. The van der Waals surface area contributed by atoms with Gasteiger partial charge in [-0.1, -0.05) is 77.8 Å². The summed E-state index contributed by atoms with van der Waals surface area (Å²) in [6, 6.07) is 11.7. The summed E-state index contributed by atoms with van der Waals surface area (Å²) in [6.07, 6.45) is 6.45. The van der Waals surface area contributed by atoms with Crippen molar-refractivity contribution in [2.45, 2.75) is 52.2 Å². The molecule has 26 heavy (non-hydrogen) atoms. The third-order valence-electron chi connectivity index (χ3n) is 4.17. The van der Waals surface area contributed by atoms with Crippen LogP contribution >= 0.6 is 39.1 Å². The minimum Gasteiger partial charge on any atom is -0.489 e. The minimum absolute atomic E-state index is 0.461. The SMILES string of the molecule is CCCCCCCNCc1cc(Br)ccc1OCc1ccc(Cl)c(Cl)c1. The first kappa shape index (κ1) is 21.6. The van der Waals surface area contributed by atoms with Crippen molar-refractivity contribution in [3.8, 4) is 5.75 Å². The topological polar surface area (TPSA) is 21.3 Å². The summed E-state index contributed by atoms with van der Waals surface area (Å²) in [5.41, 5.74) is 2.14. The molecule has 0 aromatic heterocycles. The molecule has 2 aromatic rings. The first-order valence-electron chi connectivity index (χ1n) is 9.16. The van der Waals surface area contributed by atoms with Crippen LogP contribution in [-0.4, -0.2) is 6.54 Å². The van der Waals surface area contributed by atoms with Gasteiger partial charge in [-0.15, -0.1) is 0 Å². The molecule has 0 fully saturated rings. The van der Waals surface area contributed by atoms with E-state index in [2.05, 4.69) is 34.2 Å². The first-order valence-corrected chi connectivity index (χ1v) is 10.7. The molecule has 5 heteroatoms. The average molecular weight is 459 g/mol. The van der Waals surface area contributed by atoms with E-state index in [1.54, 1.807) is 6.07 Å². The summed E-state index contributed by atoms with van der Waals surface area (Å²) in [7, 11) is 0. The highest BCUT2D eigenvalue weighted by Gasteiger charge is 2.06. The Balaban J connectivity index is 1.87. The molecular formula is C21H26BrCl2NO. The second kappa shape index (κ2) is 11.9. The molecule has 0 aliphatic rings. The molecule has 0 amide bonds. The molecule has 0 heterocycles. The zero-order valence-corrected chi connectivity index (χ0v) is 18.3. The molecule has 2 aromatic carbocycles. The van der Waals surface area contributed by atoms with Crippen LogP contribution in [0, 0.1) is 0 Å². The van der Waals surface area contributed by atoms with E-state index in [-0.39, 0.29) is 0 Å². The van der Waals surface area contributed by atoms with Crippen molar-refractivity contribution >= 4 is 39.1 Å². The molecule has 0 aliphatic heterocycles. The van der Waals surface area contributed by atoms with Gasteiger partial charge in [-0.2, -0.15) is 0 Å². The number of hydrogen-bond donors (Lipinski definition) is 1. The molecule has 0 spiro atoms. The van der Waals surface area contributed by atoms with Crippen molar-refractivity contribution < 1.29 is 4.74 Å². The van der Waals surface area contributed by atoms with Gasteiger partial charge in [0.15, 0.2) is 0 Å². The summed E-state index contributed by atoms with van der Waals surface area (Å²) in [5, 5.41) is 4.63. The van der Waals surface area contributed by atoms with Gasteiger partial charge in [-0.3, -0.25) is 0 Å². The van der Waals surface area contributed by atoms with Crippen molar-refractivity contribution in [3.63, 3.8) is 0 Å². The summed E-state index contributed by atoms with van der Waals surface area (Å²) < 4.78 is 7.08. The Morgan fingerprint density at radius 1 is 0.962 bits per heavy atom. The molecule has 0 radical (unpaired) electrons. The van der Waals surface area contributed by atoms with Crippen molar-refractivity contribution in [1.82, 2.24) is 5.32 Å². The Kier molecular flexibility index (Phi) is 9.84. The van der Waals surface area contributed by atoms with Crippen molar-refractivity contribution in [2.75, 3.05) is 6.54 Å². The number of benzene rings is 2. The van der Waals surface area contributed by atoms with Gasteiger partial charge in [-0.05, 0) is 48.9 Å².